The van der Waals surface area contributed by atoms with Gasteiger partial charge >= 0.3 is 0 Å². The summed E-state index contributed by atoms with van der Waals surface area (Å²) in [5, 5.41) is 0. The van der Waals surface area contributed by atoms with E-state index >= 15 is 0 Å². The second-order valence-electron chi connectivity index (χ2n) is 2.01. The van der Waals surface area contributed by atoms with Crippen molar-refractivity contribution in [2.75, 3.05) is 0 Å². The molecule has 0 N–H and O–H groups in total. The SMILES string of the molecule is Cc1cn(SF)n(C)c1=O. The Hall–Kier alpha value is -0.710. The highest BCUT2D eigenvalue weighted by Crippen LogP contribution is 2.04. The molecule has 0 aliphatic carbocycles. The molecule has 10 heavy (non-hydrogen) atoms. The van der Waals surface area contributed by atoms with Gasteiger partial charge in [-0.25, -0.2) is 8.77 Å². The van der Waals surface area contributed by atoms with Gasteiger partial charge in [0, 0.05) is 18.8 Å². The van der Waals surface area contributed by atoms with Crippen molar-refractivity contribution in [2.24, 2.45) is 7.05 Å². The molecule has 0 unspecified atom stereocenters. The Labute approximate surface area is 61.9 Å². The van der Waals surface area contributed by atoms with Crippen molar-refractivity contribution in [3.63, 3.8) is 0 Å². The zero-order valence-electron chi connectivity index (χ0n) is 5.67. The molecule has 0 spiro atoms. The van der Waals surface area contributed by atoms with Gasteiger partial charge in [-0.3, -0.25) is 4.79 Å². The molecule has 0 bridgehead atoms. The van der Waals surface area contributed by atoms with Gasteiger partial charge in [-0.1, -0.05) is 0 Å². The Balaban J connectivity index is 3.31. The van der Waals surface area contributed by atoms with E-state index in [9.17, 15) is 8.68 Å². The lowest BCUT2D eigenvalue weighted by Crippen LogP contribution is -2.16. The summed E-state index contributed by atoms with van der Waals surface area (Å²) in [6, 6.07) is 0. The van der Waals surface area contributed by atoms with E-state index in [1.165, 1.54) is 17.9 Å². The van der Waals surface area contributed by atoms with E-state index in [1.807, 2.05) is 0 Å². The summed E-state index contributed by atoms with van der Waals surface area (Å²) in [6.07, 6.45) is 1.45. The summed E-state index contributed by atoms with van der Waals surface area (Å²) in [6.45, 7) is 1.65. The summed E-state index contributed by atoms with van der Waals surface area (Å²) in [5.41, 5.74) is 0.387. The minimum absolute atomic E-state index is 0.0100. The highest BCUT2D eigenvalue weighted by molar-refractivity contribution is 7.92. The molecule has 0 atom stereocenters. The fraction of sp³-hybridized carbons (Fsp3) is 0.400. The van der Waals surface area contributed by atoms with Crippen LogP contribution in [-0.2, 0) is 7.05 Å². The second kappa shape index (κ2) is 2.49. The van der Waals surface area contributed by atoms with Gasteiger partial charge in [0.15, 0.2) is 12.3 Å². The van der Waals surface area contributed by atoms with Crippen molar-refractivity contribution in [3.05, 3.63) is 22.1 Å². The molecule has 1 rings (SSSR count). The van der Waals surface area contributed by atoms with Gasteiger partial charge in [-0.2, -0.15) is 0 Å². The van der Waals surface area contributed by atoms with Crippen LogP contribution in [0.25, 0.3) is 0 Å². The van der Waals surface area contributed by atoms with E-state index in [1.54, 1.807) is 6.92 Å². The van der Waals surface area contributed by atoms with Crippen molar-refractivity contribution in [2.45, 2.75) is 6.92 Å². The molecule has 0 radical (unpaired) electrons. The van der Waals surface area contributed by atoms with E-state index in [0.717, 1.165) is 4.09 Å². The van der Waals surface area contributed by atoms with E-state index < -0.39 is 0 Å². The first-order valence-electron chi connectivity index (χ1n) is 2.71. The number of rotatable bonds is 1. The number of hydrogen-bond acceptors (Lipinski definition) is 2. The third kappa shape index (κ3) is 0.965. The Morgan fingerprint density at radius 3 is 2.50 bits per heavy atom. The molecule has 1 aromatic rings. The van der Waals surface area contributed by atoms with Crippen LogP contribution < -0.4 is 5.56 Å². The van der Waals surface area contributed by atoms with Crippen LogP contribution in [0.4, 0.5) is 3.89 Å². The molecule has 5 heteroatoms. The van der Waals surface area contributed by atoms with Gasteiger partial charge in [0.05, 0.1) is 0 Å². The maximum atomic E-state index is 11.9. The molecular formula is C5H7FN2OS. The lowest BCUT2D eigenvalue weighted by molar-refractivity contribution is 0.685. The Bertz CT molecular complexity index is 290. The highest BCUT2D eigenvalue weighted by atomic mass is 32.2. The molecule has 3 nitrogen and oxygen atoms in total. The normalized spacial score (nSPS) is 10.3. The minimum Gasteiger partial charge on any atom is -0.267 e. The van der Waals surface area contributed by atoms with Crippen LogP contribution in [-0.4, -0.2) is 8.77 Å². The fourth-order valence-corrected chi connectivity index (χ4v) is 1.08. The molecule has 0 amide bonds. The highest BCUT2D eigenvalue weighted by Gasteiger charge is 2.02. The predicted molar refractivity (Wildman–Crippen MR) is 38.5 cm³/mol. The molecule has 1 heterocycles. The van der Waals surface area contributed by atoms with Crippen LogP contribution >= 0.6 is 12.3 Å². The summed E-state index contributed by atoms with van der Waals surface area (Å²) in [5.74, 6) is 0. The Kier molecular flexibility index (Phi) is 1.85. The van der Waals surface area contributed by atoms with Crippen LogP contribution in [0.15, 0.2) is 11.0 Å². The molecule has 0 aromatic carbocycles. The van der Waals surface area contributed by atoms with E-state index in [4.69, 9.17) is 0 Å². The van der Waals surface area contributed by atoms with Gasteiger partial charge in [0.25, 0.3) is 5.56 Å². The minimum atomic E-state index is -0.162. The van der Waals surface area contributed by atoms with Crippen LogP contribution in [0, 0.1) is 6.92 Å². The van der Waals surface area contributed by atoms with Gasteiger partial charge < -0.3 is 0 Å². The number of aryl methyl sites for hydroxylation is 1. The maximum Gasteiger partial charge on any atom is 0.270 e. The Morgan fingerprint density at radius 2 is 2.30 bits per heavy atom. The maximum absolute atomic E-state index is 11.9. The summed E-state index contributed by atoms with van der Waals surface area (Å²) in [7, 11) is 1.52. The Morgan fingerprint density at radius 1 is 1.70 bits per heavy atom. The van der Waals surface area contributed by atoms with Gasteiger partial charge in [0.2, 0.25) is 0 Å². The standard InChI is InChI=1S/C5H7FN2OS/c1-4-3-8(10-6)7(2)5(4)9/h3H,1-2H3. The zero-order valence-corrected chi connectivity index (χ0v) is 6.48. The largest absolute Gasteiger partial charge is 0.270 e. The average molecular weight is 162 g/mol. The van der Waals surface area contributed by atoms with E-state index in [0.29, 0.717) is 5.56 Å². The number of halogens is 1. The van der Waals surface area contributed by atoms with Crippen molar-refractivity contribution in [1.29, 1.82) is 0 Å². The molecule has 0 saturated carbocycles. The van der Waals surface area contributed by atoms with Crippen LogP contribution in [0.3, 0.4) is 0 Å². The van der Waals surface area contributed by atoms with Gasteiger partial charge in [-0.15, -0.1) is 3.89 Å². The van der Waals surface area contributed by atoms with Crippen LogP contribution in [0.1, 0.15) is 5.56 Å². The number of aromatic nitrogens is 2. The topological polar surface area (TPSA) is 26.9 Å². The third-order valence-corrected chi connectivity index (χ3v) is 1.79. The first kappa shape index (κ1) is 7.40. The van der Waals surface area contributed by atoms with Crippen molar-refractivity contribution in [1.82, 2.24) is 8.77 Å². The molecule has 0 aliphatic rings. The first-order chi connectivity index (χ1) is 4.66. The van der Waals surface area contributed by atoms with E-state index in [-0.39, 0.29) is 17.9 Å². The summed E-state index contributed by atoms with van der Waals surface area (Å²) >= 11 is 0.0100. The lowest BCUT2D eigenvalue weighted by atomic mass is 10.4. The zero-order chi connectivity index (χ0) is 7.72. The fourth-order valence-electron chi connectivity index (χ4n) is 0.718. The molecule has 56 valence electrons. The molecule has 1 aromatic heterocycles. The smallest absolute Gasteiger partial charge is 0.267 e. The van der Waals surface area contributed by atoms with Gasteiger partial charge in [-0.05, 0) is 6.92 Å². The molecule has 0 saturated heterocycles. The van der Waals surface area contributed by atoms with Crippen molar-refractivity contribution < 1.29 is 3.89 Å². The summed E-state index contributed by atoms with van der Waals surface area (Å²) in [4.78, 5) is 10.9. The summed E-state index contributed by atoms with van der Waals surface area (Å²) < 4.78 is 14.2. The number of nitrogens with zero attached hydrogens (tertiary/aromatic N) is 2. The van der Waals surface area contributed by atoms with E-state index in [2.05, 4.69) is 0 Å². The molecule has 0 fully saturated rings. The predicted octanol–water partition coefficient (Wildman–Crippen LogP) is 0.876. The monoisotopic (exact) mass is 162 g/mol. The first-order valence-corrected chi connectivity index (χ1v) is 3.38. The van der Waals surface area contributed by atoms with Crippen molar-refractivity contribution >= 4 is 12.3 Å². The third-order valence-electron chi connectivity index (χ3n) is 1.30. The van der Waals surface area contributed by atoms with Crippen molar-refractivity contribution in [3.8, 4) is 0 Å². The molecule has 0 aliphatic heterocycles. The number of hydrogen-bond donors (Lipinski definition) is 0. The lowest BCUT2D eigenvalue weighted by Gasteiger charge is -1.95. The van der Waals surface area contributed by atoms with Crippen LogP contribution in [0.2, 0.25) is 0 Å². The average Bonchev–Trinajstić information content (AvgIpc) is 2.17. The van der Waals surface area contributed by atoms with Crippen LogP contribution in [0.5, 0.6) is 0 Å². The quantitative estimate of drug-likeness (QED) is 0.612. The molecular weight excluding hydrogens is 155 g/mol. The van der Waals surface area contributed by atoms with Gasteiger partial charge in [0.1, 0.15) is 0 Å². The second-order valence-corrected chi connectivity index (χ2v) is 2.52.